The van der Waals surface area contributed by atoms with Crippen molar-refractivity contribution in [2.45, 2.75) is 31.4 Å². The number of hydrogen-bond donors (Lipinski definition) is 3. The molecule has 240 valence electrons. The molecule has 1 aliphatic rings. The zero-order valence-corrected chi connectivity index (χ0v) is 25.4. The average molecular weight is 649 g/mol. The maximum absolute atomic E-state index is 15.1. The van der Waals surface area contributed by atoms with Crippen LogP contribution in [-0.2, 0) is 26.7 Å². The lowest BCUT2D eigenvalue weighted by molar-refractivity contribution is -0.148. The van der Waals surface area contributed by atoms with E-state index in [4.69, 9.17) is 4.74 Å². The Morgan fingerprint density at radius 3 is 2.44 bits per heavy atom. The molecule has 2 aromatic heterocycles. The van der Waals surface area contributed by atoms with E-state index in [2.05, 4.69) is 30.1 Å². The predicted molar refractivity (Wildman–Crippen MR) is 156 cm³/mol. The first-order chi connectivity index (χ1) is 21.4. The van der Waals surface area contributed by atoms with Crippen LogP contribution in [0.3, 0.4) is 0 Å². The summed E-state index contributed by atoms with van der Waals surface area (Å²) < 4.78 is 53.1. The van der Waals surface area contributed by atoms with E-state index >= 15 is 4.39 Å². The normalized spacial score (nSPS) is 15.1. The second-order valence-electron chi connectivity index (χ2n) is 10.3. The molecular formula is C28H31F3N8O5S. The van der Waals surface area contributed by atoms with Gasteiger partial charge >= 0.3 is 5.92 Å². The first-order valence-corrected chi connectivity index (χ1v) is 14.5. The second-order valence-corrected chi connectivity index (χ2v) is 11.1. The van der Waals surface area contributed by atoms with Gasteiger partial charge in [0.15, 0.2) is 0 Å². The van der Waals surface area contributed by atoms with Crippen molar-refractivity contribution in [3.8, 4) is 5.75 Å². The Hall–Kier alpha value is -4.64. The first-order valence-electron chi connectivity index (χ1n) is 13.7. The summed E-state index contributed by atoms with van der Waals surface area (Å²) in [5, 5.41) is 10.5. The fourth-order valence-electron chi connectivity index (χ4n) is 4.39. The van der Waals surface area contributed by atoms with E-state index in [1.165, 1.54) is 31.6 Å². The van der Waals surface area contributed by atoms with E-state index in [-0.39, 0.29) is 28.6 Å². The molecule has 0 aliphatic carbocycles. The molecule has 0 bridgehead atoms. The minimum Gasteiger partial charge on any atom is -0.495 e. The van der Waals surface area contributed by atoms with Gasteiger partial charge in [-0.15, -0.1) is 5.10 Å². The van der Waals surface area contributed by atoms with Crippen LogP contribution in [0.5, 0.6) is 5.75 Å². The van der Waals surface area contributed by atoms with Gasteiger partial charge in [0.25, 0.3) is 11.8 Å². The standard InChI is InChI=1S/C28H31F3N8O5S/c1-16(34-27(43)28(30,31)18-12-19(44-3)14-32-13-18)24(40)35-21-5-4-17(10-20(21)29)11-22(36-25(41)23-15-33-37-45-23)26(42)39-8-6-38(2)7-9-39/h4-5,10,12-16,22H,6-9,11H2,1-3H3,(H,34,43)(H,35,40)(H,36,41)/t16-,22+/m0/s1. The number of hydrogen-bond acceptors (Lipinski definition) is 10. The molecule has 3 aromatic rings. The average Bonchev–Trinajstić information content (AvgIpc) is 3.57. The maximum atomic E-state index is 15.1. The SMILES string of the molecule is COc1cncc(C(F)(F)C(=O)N[C@@H](C)C(=O)Nc2ccc(C[C@@H](NC(=O)c3cnns3)C(=O)N3CCN(C)CC3)cc2F)c1. The number of amides is 4. The number of piperazine rings is 1. The van der Waals surface area contributed by atoms with Gasteiger partial charge in [0, 0.05) is 38.8 Å². The summed E-state index contributed by atoms with van der Waals surface area (Å²) in [7, 11) is 3.19. The number of nitrogens with zero attached hydrogens (tertiary/aromatic N) is 5. The van der Waals surface area contributed by atoms with E-state index < -0.39 is 47.1 Å². The van der Waals surface area contributed by atoms with Gasteiger partial charge < -0.3 is 30.5 Å². The Morgan fingerprint density at radius 1 is 1.07 bits per heavy atom. The van der Waals surface area contributed by atoms with Gasteiger partial charge in [-0.2, -0.15) is 8.78 Å². The van der Waals surface area contributed by atoms with Gasteiger partial charge in [-0.1, -0.05) is 10.6 Å². The molecule has 1 saturated heterocycles. The third-order valence-corrected chi connectivity index (χ3v) is 7.74. The number of pyridine rings is 1. The summed E-state index contributed by atoms with van der Waals surface area (Å²) in [5.74, 6) is -8.50. The number of aromatic nitrogens is 3. The van der Waals surface area contributed by atoms with E-state index in [0.717, 1.165) is 36.8 Å². The molecule has 2 atom stereocenters. The van der Waals surface area contributed by atoms with Crippen molar-refractivity contribution in [1.82, 2.24) is 35.0 Å². The van der Waals surface area contributed by atoms with Crippen LogP contribution in [0.2, 0.25) is 0 Å². The van der Waals surface area contributed by atoms with Gasteiger partial charge in [-0.05, 0) is 49.3 Å². The van der Waals surface area contributed by atoms with Crippen LogP contribution in [0.4, 0.5) is 18.9 Å². The minimum atomic E-state index is -4.03. The van der Waals surface area contributed by atoms with Crippen molar-refractivity contribution in [3.05, 3.63) is 64.7 Å². The molecule has 3 heterocycles. The van der Waals surface area contributed by atoms with Gasteiger partial charge in [0.05, 0.1) is 30.8 Å². The minimum absolute atomic E-state index is 0.0131. The number of methoxy groups -OCH3 is 1. The molecule has 13 nitrogen and oxygen atoms in total. The van der Waals surface area contributed by atoms with Crippen LogP contribution >= 0.6 is 11.5 Å². The van der Waals surface area contributed by atoms with E-state index in [0.29, 0.717) is 31.7 Å². The first kappa shape index (κ1) is 33.3. The highest BCUT2D eigenvalue weighted by molar-refractivity contribution is 7.07. The van der Waals surface area contributed by atoms with Crippen LogP contribution in [0.1, 0.15) is 27.7 Å². The van der Waals surface area contributed by atoms with Crippen molar-refractivity contribution < 1.29 is 37.1 Å². The third-order valence-electron chi connectivity index (χ3n) is 7.07. The highest BCUT2D eigenvalue weighted by Crippen LogP contribution is 2.30. The van der Waals surface area contributed by atoms with Crippen LogP contribution in [0, 0.1) is 5.82 Å². The van der Waals surface area contributed by atoms with E-state index in [1.807, 2.05) is 12.4 Å². The fraction of sp³-hybridized carbons (Fsp3) is 0.393. The number of ether oxygens (including phenoxy) is 1. The highest BCUT2D eigenvalue weighted by Gasteiger charge is 2.42. The molecule has 45 heavy (non-hydrogen) atoms. The maximum Gasteiger partial charge on any atom is 0.351 e. The number of carbonyl (C=O) groups excluding carboxylic acids is 4. The Labute approximate surface area is 260 Å². The number of likely N-dealkylation sites (N-methyl/N-ethyl adjacent to an activating group) is 1. The molecular weight excluding hydrogens is 617 g/mol. The van der Waals surface area contributed by atoms with E-state index in [1.54, 1.807) is 4.90 Å². The molecule has 1 aliphatic heterocycles. The largest absolute Gasteiger partial charge is 0.495 e. The summed E-state index contributed by atoms with van der Waals surface area (Å²) in [6, 6.07) is 2.23. The van der Waals surface area contributed by atoms with Crippen molar-refractivity contribution in [1.29, 1.82) is 0 Å². The molecule has 0 spiro atoms. The van der Waals surface area contributed by atoms with Crippen LogP contribution in [-0.4, -0.2) is 100 Å². The molecule has 1 aromatic carbocycles. The molecule has 0 radical (unpaired) electrons. The van der Waals surface area contributed by atoms with Crippen molar-refractivity contribution in [2.75, 3.05) is 45.7 Å². The Kier molecular flexibility index (Phi) is 10.7. The Morgan fingerprint density at radius 2 is 1.80 bits per heavy atom. The Bertz CT molecular complexity index is 1540. The summed E-state index contributed by atoms with van der Waals surface area (Å²) >= 11 is 0.864. The molecule has 4 amide bonds. The lowest BCUT2D eigenvalue weighted by atomic mass is 10.0. The lowest BCUT2D eigenvalue weighted by Gasteiger charge is -2.34. The fourth-order valence-corrected chi connectivity index (χ4v) is 4.81. The summed E-state index contributed by atoms with van der Waals surface area (Å²) in [4.78, 5) is 58.6. The predicted octanol–water partition coefficient (Wildman–Crippen LogP) is 1.43. The number of halogens is 3. The zero-order chi connectivity index (χ0) is 32.7. The van der Waals surface area contributed by atoms with Crippen LogP contribution in [0.15, 0.2) is 42.9 Å². The molecule has 1 fully saturated rings. The molecule has 0 unspecified atom stereocenters. The van der Waals surface area contributed by atoms with Crippen LogP contribution < -0.4 is 20.7 Å². The Balaban J connectivity index is 1.41. The second kappa shape index (κ2) is 14.4. The van der Waals surface area contributed by atoms with Gasteiger partial charge in [-0.3, -0.25) is 24.2 Å². The molecule has 0 saturated carbocycles. The molecule has 17 heteroatoms. The quantitative estimate of drug-likeness (QED) is 0.280. The van der Waals surface area contributed by atoms with E-state index in [9.17, 15) is 28.0 Å². The number of nitrogens with one attached hydrogen (secondary N) is 3. The van der Waals surface area contributed by atoms with Crippen molar-refractivity contribution >= 4 is 40.8 Å². The lowest BCUT2D eigenvalue weighted by Crippen LogP contribution is -2.54. The highest BCUT2D eigenvalue weighted by atomic mass is 32.1. The number of benzene rings is 1. The van der Waals surface area contributed by atoms with Gasteiger partial charge in [0.2, 0.25) is 11.8 Å². The number of alkyl halides is 2. The smallest absolute Gasteiger partial charge is 0.351 e. The summed E-state index contributed by atoms with van der Waals surface area (Å²) in [6.45, 7) is 3.39. The van der Waals surface area contributed by atoms with Gasteiger partial charge in [-0.25, -0.2) is 4.39 Å². The molecule has 3 N–H and O–H groups in total. The monoisotopic (exact) mass is 648 g/mol. The third kappa shape index (κ3) is 8.30. The van der Waals surface area contributed by atoms with Crippen LogP contribution in [0.25, 0.3) is 0 Å². The van der Waals surface area contributed by atoms with Crippen molar-refractivity contribution in [2.24, 2.45) is 0 Å². The number of rotatable bonds is 11. The topological polar surface area (TPSA) is 159 Å². The summed E-state index contributed by atoms with van der Waals surface area (Å²) in [6.07, 6.45) is 3.20. The number of anilines is 1. The summed E-state index contributed by atoms with van der Waals surface area (Å²) in [5.41, 5.74) is -0.679. The van der Waals surface area contributed by atoms with Gasteiger partial charge in [0.1, 0.15) is 28.5 Å². The number of carbonyl (C=O) groups is 4. The molecule has 4 rings (SSSR count). The zero-order valence-electron chi connectivity index (χ0n) is 24.6. The van der Waals surface area contributed by atoms with Crippen molar-refractivity contribution in [3.63, 3.8) is 0 Å².